The third-order valence-electron chi connectivity index (χ3n) is 1.87. The van der Waals surface area contributed by atoms with Crippen LogP contribution in [-0.2, 0) is 14.3 Å². The topological polar surface area (TPSA) is 63.6 Å². The molecule has 0 saturated carbocycles. The SMILES string of the molecule is COC(=O)C(C)=CC=CC=CC=C(C)C(=O)O. The number of carboxylic acids is 1. The monoisotopic (exact) mass is 236 g/mol. The van der Waals surface area contributed by atoms with Gasteiger partial charge in [-0.25, -0.2) is 9.59 Å². The van der Waals surface area contributed by atoms with Gasteiger partial charge in [0.15, 0.2) is 0 Å². The van der Waals surface area contributed by atoms with Crippen LogP contribution in [0.15, 0.2) is 47.6 Å². The Bertz CT molecular complexity index is 398. The van der Waals surface area contributed by atoms with E-state index in [1.54, 1.807) is 37.3 Å². The summed E-state index contributed by atoms with van der Waals surface area (Å²) in [6.45, 7) is 3.16. The van der Waals surface area contributed by atoms with E-state index in [0.717, 1.165) is 0 Å². The minimum absolute atomic E-state index is 0.260. The lowest BCUT2D eigenvalue weighted by Crippen LogP contribution is -2.00. The summed E-state index contributed by atoms with van der Waals surface area (Å²) >= 11 is 0. The van der Waals surface area contributed by atoms with E-state index in [1.165, 1.54) is 20.1 Å². The molecule has 1 N–H and O–H groups in total. The summed E-state index contributed by atoms with van der Waals surface area (Å²) in [5, 5.41) is 8.56. The molecule has 0 fully saturated rings. The molecule has 0 unspecified atom stereocenters. The summed E-state index contributed by atoms with van der Waals surface area (Å²) in [6, 6.07) is 0. The number of rotatable bonds is 5. The molecule has 0 atom stereocenters. The Balaban J connectivity index is 4.30. The van der Waals surface area contributed by atoms with Crippen molar-refractivity contribution in [2.24, 2.45) is 0 Å². The first kappa shape index (κ1) is 14.9. The summed E-state index contributed by atoms with van der Waals surface area (Å²) in [5.41, 5.74) is 0.755. The molecular weight excluding hydrogens is 220 g/mol. The molecule has 4 heteroatoms. The van der Waals surface area contributed by atoms with Crippen LogP contribution in [0.5, 0.6) is 0 Å². The van der Waals surface area contributed by atoms with E-state index in [2.05, 4.69) is 4.74 Å². The van der Waals surface area contributed by atoms with Crippen LogP contribution in [0, 0.1) is 0 Å². The van der Waals surface area contributed by atoms with Crippen LogP contribution < -0.4 is 0 Å². The Morgan fingerprint density at radius 3 is 1.82 bits per heavy atom. The van der Waals surface area contributed by atoms with Crippen molar-refractivity contribution in [3.63, 3.8) is 0 Å². The molecule has 0 aliphatic rings. The highest BCUT2D eigenvalue weighted by Crippen LogP contribution is 1.96. The number of carboxylic acid groups (broad SMARTS) is 1. The van der Waals surface area contributed by atoms with Crippen LogP contribution in [0.2, 0.25) is 0 Å². The number of aliphatic carboxylic acids is 1. The molecule has 0 aliphatic carbocycles. The number of ether oxygens (including phenoxy) is 1. The van der Waals surface area contributed by atoms with Crippen LogP contribution in [0.25, 0.3) is 0 Å². The van der Waals surface area contributed by atoms with Gasteiger partial charge >= 0.3 is 11.9 Å². The second kappa shape index (κ2) is 8.10. The van der Waals surface area contributed by atoms with Crippen LogP contribution in [0.1, 0.15) is 13.8 Å². The second-order valence-corrected chi connectivity index (χ2v) is 3.27. The Morgan fingerprint density at radius 2 is 1.41 bits per heavy atom. The van der Waals surface area contributed by atoms with E-state index in [1.807, 2.05) is 0 Å². The van der Waals surface area contributed by atoms with E-state index in [4.69, 9.17) is 5.11 Å². The van der Waals surface area contributed by atoms with E-state index in [9.17, 15) is 9.59 Å². The molecule has 92 valence electrons. The van der Waals surface area contributed by atoms with Gasteiger partial charge in [-0.05, 0) is 13.8 Å². The molecule has 0 bridgehead atoms. The van der Waals surface area contributed by atoms with Crippen molar-refractivity contribution in [3.8, 4) is 0 Å². The zero-order valence-corrected chi connectivity index (χ0v) is 10.1. The largest absolute Gasteiger partial charge is 0.478 e. The average molecular weight is 236 g/mol. The van der Waals surface area contributed by atoms with E-state index >= 15 is 0 Å². The highest BCUT2D eigenvalue weighted by molar-refractivity contribution is 5.88. The maximum Gasteiger partial charge on any atom is 0.333 e. The molecule has 0 spiro atoms. The van der Waals surface area contributed by atoms with Crippen molar-refractivity contribution in [1.29, 1.82) is 0 Å². The number of hydrogen-bond donors (Lipinski definition) is 1. The number of allylic oxidation sites excluding steroid dienone is 6. The van der Waals surface area contributed by atoms with Gasteiger partial charge in [0.2, 0.25) is 0 Å². The molecule has 0 radical (unpaired) electrons. The maximum atomic E-state index is 11.0. The van der Waals surface area contributed by atoms with Crippen LogP contribution in [-0.4, -0.2) is 24.2 Å². The fourth-order valence-electron chi connectivity index (χ4n) is 0.828. The lowest BCUT2D eigenvalue weighted by atomic mass is 10.2. The molecule has 0 aromatic rings. The summed E-state index contributed by atoms with van der Waals surface area (Å²) < 4.78 is 4.51. The zero-order valence-electron chi connectivity index (χ0n) is 10.1. The van der Waals surface area contributed by atoms with Gasteiger partial charge in [-0.1, -0.05) is 36.5 Å². The van der Waals surface area contributed by atoms with Gasteiger partial charge < -0.3 is 9.84 Å². The summed E-state index contributed by atoms with van der Waals surface area (Å²) in [4.78, 5) is 21.4. The van der Waals surface area contributed by atoms with Gasteiger partial charge in [-0.2, -0.15) is 0 Å². The van der Waals surface area contributed by atoms with Crippen LogP contribution >= 0.6 is 0 Å². The van der Waals surface area contributed by atoms with Crippen molar-refractivity contribution < 1.29 is 19.4 Å². The highest BCUT2D eigenvalue weighted by Gasteiger charge is 1.99. The lowest BCUT2D eigenvalue weighted by molar-refractivity contribution is -0.136. The van der Waals surface area contributed by atoms with Crippen LogP contribution in [0.4, 0.5) is 0 Å². The number of carbonyl (C=O) groups excluding carboxylic acids is 1. The number of carbonyl (C=O) groups is 2. The lowest BCUT2D eigenvalue weighted by Gasteiger charge is -1.94. The van der Waals surface area contributed by atoms with Crippen LogP contribution in [0.3, 0.4) is 0 Å². The molecule has 0 rings (SSSR count). The van der Waals surface area contributed by atoms with E-state index in [0.29, 0.717) is 5.57 Å². The molecular formula is C13H16O4. The average Bonchev–Trinajstić information content (AvgIpc) is 2.31. The molecule has 0 aromatic carbocycles. The van der Waals surface area contributed by atoms with Crippen molar-refractivity contribution in [2.45, 2.75) is 13.8 Å². The molecule has 4 nitrogen and oxygen atoms in total. The van der Waals surface area contributed by atoms with Gasteiger partial charge in [-0.15, -0.1) is 0 Å². The fourth-order valence-corrected chi connectivity index (χ4v) is 0.828. The maximum absolute atomic E-state index is 11.0. The number of hydrogen-bond acceptors (Lipinski definition) is 3. The zero-order chi connectivity index (χ0) is 13.3. The highest BCUT2D eigenvalue weighted by atomic mass is 16.5. The van der Waals surface area contributed by atoms with Gasteiger partial charge in [0.1, 0.15) is 0 Å². The number of methoxy groups -OCH3 is 1. The molecule has 17 heavy (non-hydrogen) atoms. The minimum Gasteiger partial charge on any atom is -0.478 e. The second-order valence-electron chi connectivity index (χ2n) is 3.27. The third-order valence-corrected chi connectivity index (χ3v) is 1.87. The van der Waals surface area contributed by atoms with Gasteiger partial charge in [0.05, 0.1) is 7.11 Å². The summed E-state index contributed by atoms with van der Waals surface area (Å²) in [6.07, 6.45) is 9.76. The van der Waals surface area contributed by atoms with Crippen molar-refractivity contribution in [2.75, 3.05) is 7.11 Å². The first-order valence-corrected chi connectivity index (χ1v) is 4.99. The van der Waals surface area contributed by atoms with Crippen molar-refractivity contribution >= 4 is 11.9 Å². The van der Waals surface area contributed by atoms with Crippen molar-refractivity contribution in [3.05, 3.63) is 47.6 Å². The molecule has 0 amide bonds. The minimum atomic E-state index is -0.944. The Morgan fingerprint density at radius 1 is 0.941 bits per heavy atom. The quantitative estimate of drug-likeness (QED) is 0.451. The van der Waals surface area contributed by atoms with E-state index < -0.39 is 5.97 Å². The first-order chi connectivity index (χ1) is 7.99. The Kier molecular flexibility index (Phi) is 7.10. The summed E-state index contributed by atoms with van der Waals surface area (Å²) in [7, 11) is 1.32. The summed E-state index contributed by atoms with van der Waals surface area (Å²) in [5.74, 6) is -1.32. The third kappa shape index (κ3) is 6.89. The van der Waals surface area contributed by atoms with Gasteiger partial charge in [0, 0.05) is 11.1 Å². The molecule has 0 saturated heterocycles. The Labute approximate surface area is 101 Å². The van der Waals surface area contributed by atoms with Gasteiger partial charge in [-0.3, -0.25) is 0 Å². The first-order valence-electron chi connectivity index (χ1n) is 4.99. The number of esters is 1. The van der Waals surface area contributed by atoms with Crippen molar-refractivity contribution in [1.82, 2.24) is 0 Å². The smallest absolute Gasteiger partial charge is 0.333 e. The molecule has 0 heterocycles. The molecule has 0 aromatic heterocycles. The predicted octanol–water partition coefficient (Wildman–Crippen LogP) is 2.25. The molecule has 0 aliphatic heterocycles. The Hall–Kier alpha value is -2.10. The normalized spacial score (nSPS) is 13.4. The standard InChI is InChI=1S/C13H16O4/c1-10(12(14)15)8-6-4-5-7-9-11(2)13(16)17-3/h4-9H,1-3H3,(H,14,15). The fraction of sp³-hybridized carbons (Fsp3) is 0.231. The van der Waals surface area contributed by atoms with E-state index in [-0.39, 0.29) is 11.5 Å². The van der Waals surface area contributed by atoms with Gasteiger partial charge in [0.25, 0.3) is 0 Å². The predicted molar refractivity (Wildman–Crippen MR) is 65.4 cm³/mol.